The minimum Gasteiger partial charge on any atom is -0.367 e. The molecule has 1 heterocycles. The largest absolute Gasteiger partial charge is 0.367 e. The number of hydrogen-bond acceptors (Lipinski definition) is 1. The van der Waals surface area contributed by atoms with Crippen LogP contribution in [0.25, 0.3) is 0 Å². The fourth-order valence-electron chi connectivity index (χ4n) is 2.04. The minimum atomic E-state index is 0.415. The van der Waals surface area contributed by atoms with Crippen molar-refractivity contribution >= 4 is 0 Å². The lowest BCUT2D eigenvalue weighted by atomic mass is 10.0. The Hall–Kier alpha value is -1.50. The summed E-state index contributed by atoms with van der Waals surface area (Å²) in [7, 11) is 0. The zero-order valence-electron chi connectivity index (χ0n) is 9.84. The van der Waals surface area contributed by atoms with Gasteiger partial charge >= 0.3 is 0 Å². The number of unbranched alkanes of at least 4 members (excludes halogenated alkanes) is 1. The van der Waals surface area contributed by atoms with E-state index in [0.717, 1.165) is 6.54 Å². The van der Waals surface area contributed by atoms with Gasteiger partial charge in [-0.15, -0.1) is 0 Å². The molecule has 0 saturated heterocycles. The average molecular weight is 213 g/mol. The van der Waals surface area contributed by atoms with E-state index >= 15 is 0 Å². The van der Waals surface area contributed by atoms with E-state index in [1.54, 1.807) is 0 Å². The van der Waals surface area contributed by atoms with E-state index in [9.17, 15) is 0 Å². The zero-order valence-corrected chi connectivity index (χ0v) is 9.84. The number of benzene rings is 1. The van der Waals surface area contributed by atoms with E-state index in [-0.39, 0.29) is 0 Å². The molecule has 0 amide bonds. The normalized spacial score (nSPS) is 19.1. The van der Waals surface area contributed by atoms with Gasteiger partial charge in [0, 0.05) is 6.54 Å². The van der Waals surface area contributed by atoms with Crippen LogP contribution in [0.4, 0.5) is 0 Å². The molecule has 2 rings (SSSR count). The Labute approximate surface area is 98.1 Å². The maximum Gasteiger partial charge on any atom is 0.0724 e. The topological polar surface area (TPSA) is 3.24 Å². The first kappa shape index (κ1) is 11.0. The predicted molar refractivity (Wildman–Crippen MR) is 69.1 cm³/mol. The number of nitrogens with zero attached hydrogens (tertiary/aromatic N) is 1. The highest BCUT2D eigenvalue weighted by Gasteiger charge is 2.15. The Morgan fingerprint density at radius 1 is 1.12 bits per heavy atom. The molecular weight excluding hydrogens is 194 g/mol. The lowest BCUT2D eigenvalue weighted by Gasteiger charge is -2.30. The molecule has 16 heavy (non-hydrogen) atoms. The van der Waals surface area contributed by atoms with Crippen molar-refractivity contribution in [2.75, 3.05) is 6.54 Å². The van der Waals surface area contributed by atoms with Gasteiger partial charge in [0.25, 0.3) is 0 Å². The van der Waals surface area contributed by atoms with Crippen LogP contribution in [0.3, 0.4) is 0 Å². The maximum absolute atomic E-state index is 2.42. The van der Waals surface area contributed by atoms with Gasteiger partial charge in [0.05, 0.1) is 6.04 Å². The standard InChI is InChI=1S/C15H19N/c1-2-3-12-16-13-8-7-11-15(16)14-9-5-4-6-10-14/h4-11,13,15H,2-3,12H2,1H3. The molecule has 1 aromatic rings. The summed E-state index contributed by atoms with van der Waals surface area (Å²) in [5.41, 5.74) is 1.37. The molecule has 0 spiro atoms. The van der Waals surface area contributed by atoms with Gasteiger partial charge in [-0.3, -0.25) is 0 Å². The quantitative estimate of drug-likeness (QED) is 0.733. The summed E-state index contributed by atoms with van der Waals surface area (Å²) in [4.78, 5) is 2.42. The summed E-state index contributed by atoms with van der Waals surface area (Å²) >= 11 is 0. The summed E-state index contributed by atoms with van der Waals surface area (Å²) in [5, 5.41) is 0. The first-order chi connectivity index (χ1) is 7.92. The molecule has 1 atom stereocenters. The molecule has 1 unspecified atom stereocenters. The van der Waals surface area contributed by atoms with E-state index in [1.807, 2.05) is 0 Å². The molecule has 0 N–H and O–H groups in total. The third-order valence-corrected chi connectivity index (χ3v) is 2.95. The second kappa shape index (κ2) is 5.55. The van der Waals surface area contributed by atoms with E-state index < -0.39 is 0 Å². The highest BCUT2D eigenvalue weighted by atomic mass is 15.1. The number of hydrogen-bond donors (Lipinski definition) is 0. The molecule has 0 fully saturated rings. The van der Waals surface area contributed by atoms with Crippen molar-refractivity contribution in [2.24, 2.45) is 0 Å². The van der Waals surface area contributed by atoms with Crippen LogP contribution in [0.15, 0.2) is 54.8 Å². The molecular formula is C15H19N. The van der Waals surface area contributed by atoms with Crippen molar-refractivity contribution in [3.63, 3.8) is 0 Å². The summed E-state index contributed by atoms with van der Waals surface area (Å²) in [5.74, 6) is 0. The summed E-state index contributed by atoms with van der Waals surface area (Å²) in [6.07, 6.45) is 11.2. The zero-order chi connectivity index (χ0) is 11.2. The van der Waals surface area contributed by atoms with Gasteiger partial charge < -0.3 is 4.90 Å². The molecule has 0 aliphatic carbocycles. The highest BCUT2D eigenvalue weighted by Crippen LogP contribution is 2.25. The molecule has 1 aromatic carbocycles. The Morgan fingerprint density at radius 3 is 2.69 bits per heavy atom. The van der Waals surface area contributed by atoms with Crippen molar-refractivity contribution in [1.29, 1.82) is 0 Å². The fourth-order valence-corrected chi connectivity index (χ4v) is 2.04. The first-order valence-corrected chi connectivity index (χ1v) is 6.07. The lowest BCUT2D eigenvalue weighted by molar-refractivity contribution is 0.315. The molecule has 0 saturated carbocycles. The smallest absolute Gasteiger partial charge is 0.0724 e. The van der Waals surface area contributed by atoms with E-state index in [4.69, 9.17) is 0 Å². The molecule has 1 heteroatoms. The predicted octanol–water partition coefficient (Wildman–Crippen LogP) is 3.91. The van der Waals surface area contributed by atoms with Crippen molar-refractivity contribution < 1.29 is 0 Å². The summed E-state index contributed by atoms with van der Waals surface area (Å²) in [6.45, 7) is 3.37. The SMILES string of the molecule is CCCCN1C=CC=CC1c1ccccc1. The van der Waals surface area contributed by atoms with Crippen LogP contribution in [-0.2, 0) is 0 Å². The average Bonchev–Trinajstić information content (AvgIpc) is 2.38. The molecule has 0 bridgehead atoms. The Bertz CT molecular complexity index is 364. The van der Waals surface area contributed by atoms with Crippen molar-refractivity contribution in [1.82, 2.24) is 4.90 Å². The van der Waals surface area contributed by atoms with Gasteiger partial charge in [-0.05, 0) is 24.3 Å². The Kier molecular flexibility index (Phi) is 3.81. The molecule has 1 nitrogen and oxygen atoms in total. The highest BCUT2D eigenvalue weighted by molar-refractivity contribution is 5.27. The van der Waals surface area contributed by atoms with Gasteiger partial charge in [0.1, 0.15) is 0 Å². The van der Waals surface area contributed by atoms with Gasteiger partial charge in [-0.25, -0.2) is 0 Å². The van der Waals surface area contributed by atoms with Crippen molar-refractivity contribution in [3.05, 3.63) is 60.3 Å². The minimum absolute atomic E-state index is 0.415. The third-order valence-electron chi connectivity index (χ3n) is 2.95. The van der Waals surface area contributed by atoms with Gasteiger partial charge in [-0.1, -0.05) is 55.8 Å². The molecule has 1 aliphatic heterocycles. The van der Waals surface area contributed by atoms with Crippen LogP contribution in [0.1, 0.15) is 31.4 Å². The fraction of sp³-hybridized carbons (Fsp3) is 0.333. The summed E-state index contributed by atoms with van der Waals surface area (Å²) in [6, 6.07) is 11.1. The molecule has 84 valence electrons. The van der Waals surface area contributed by atoms with Crippen LogP contribution in [-0.4, -0.2) is 11.4 Å². The molecule has 1 aliphatic rings. The van der Waals surface area contributed by atoms with E-state index in [2.05, 4.69) is 66.6 Å². The summed E-state index contributed by atoms with van der Waals surface area (Å²) < 4.78 is 0. The van der Waals surface area contributed by atoms with Crippen LogP contribution in [0, 0.1) is 0 Å². The molecule has 0 aromatic heterocycles. The molecule has 0 radical (unpaired) electrons. The monoisotopic (exact) mass is 213 g/mol. The number of rotatable bonds is 4. The van der Waals surface area contributed by atoms with Crippen molar-refractivity contribution in [3.8, 4) is 0 Å². The lowest BCUT2D eigenvalue weighted by Crippen LogP contribution is -2.24. The second-order valence-electron chi connectivity index (χ2n) is 4.17. The van der Waals surface area contributed by atoms with Crippen LogP contribution < -0.4 is 0 Å². The van der Waals surface area contributed by atoms with Crippen LogP contribution in [0.2, 0.25) is 0 Å². The maximum atomic E-state index is 2.42. The van der Waals surface area contributed by atoms with Crippen molar-refractivity contribution in [2.45, 2.75) is 25.8 Å². The van der Waals surface area contributed by atoms with Gasteiger partial charge in [0.15, 0.2) is 0 Å². The van der Waals surface area contributed by atoms with E-state index in [0.29, 0.717) is 6.04 Å². The van der Waals surface area contributed by atoms with Gasteiger partial charge in [-0.2, -0.15) is 0 Å². The number of allylic oxidation sites excluding steroid dienone is 2. The van der Waals surface area contributed by atoms with Crippen LogP contribution >= 0.6 is 0 Å². The van der Waals surface area contributed by atoms with E-state index in [1.165, 1.54) is 18.4 Å². The Balaban J connectivity index is 2.12. The van der Waals surface area contributed by atoms with Crippen LogP contribution in [0.5, 0.6) is 0 Å². The first-order valence-electron chi connectivity index (χ1n) is 6.07. The van der Waals surface area contributed by atoms with Gasteiger partial charge in [0.2, 0.25) is 0 Å². The Morgan fingerprint density at radius 2 is 1.94 bits per heavy atom. The second-order valence-corrected chi connectivity index (χ2v) is 4.17. The third kappa shape index (κ3) is 2.54.